The van der Waals surface area contributed by atoms with Crippen molar-refractivity contribution in [2.75, 3.05) is 44.3 Å². The molecule has 3 heterocycles. The summed E-state index contributed by atoms with van der Waals surface area (Å²) in [6, 6.07) is 7.33. The molecule has 2 saturated heterocycles. The number of thiazole rings is 1. The number of benzene rings is 1. The van der Waals surface area contributed by atoms with Crippen LogP contribution in [0.15, 0.2) is 35.8 Å². The van der Waals surface area contributed by atoms with E-state index in [-0.39, 0.29) is 12.0 Å². The fourth-order valence-corrected chi connectivity index (χ4v) is 5.53. The summed E-state index contributed by atoms with van der Waals surface area (Å²) in [5.41, 5.74) is 0.619. The maximum Gasteiger partial charge on any atom is 0.254 e. The van der Waals surface area contributed by atoms with Crippen molar-refractivity contribution in [3.8, 4) is 5.75 Å². The first kappa shape index (κ1) is 19.8. The van der Waals surface area contributed by atoms with Gasteiger partial charge < -0.3 is 24.4 Å². The van der Waals surface area contributed by atoms with E-state index >= 15 is 0 Å². The van der Waals surface area contributed by atoms with Crippen LogP contribution in [0.4, 0.5) is 5.13 Å². The van der Waals surface area contributed by atoms with Crippen molar-refractivity contribution in [2.45, 2.75) is 25.0 Å². The number of carbonyl (C=O) groups is 1. The van der Waals surface area contributed by atoms with E-state index in [1.807, 2.05) is 34.7 Å². The molecular weight excluding hydrogens is 402 g/mol. The predicted molar refractivity (Wildman–Crippen MR) is 114 cm³/mol. The number of aliphatic hydroxyl groups is 1. The average Bonchev–Trinajstić information content (AvgIpc) is 3.44. The molecule has 4 atom stereocenters. The van der Waals surface area contributed by atoms with Crippen molar-refractivity contribution < 1.29 is 19.4 Å². The van der Waals surface area contributed by atoms with E-state index in [1.54, 1.807) is 17.4 Å². The van der Waals surface area contributed by atoms with Crippen molar-refractivity contribution in [2.24, 2.45) is 11.8 Å². The number of hydrogen-bond acceptors (Lipinski definition) is 7. The highest BCUT2D eigenvalue weighted by molar-refractivity contribution is 7.13. The summed E-state index contributed by atoms with van der Waals surface area (Å²) in [7, 11) is 0. The number of nitrogens with zero attached hydrogens (tertiary/aromatic N) is 3. The molecule has 0 radical (unpaired) electrons. The summed E-state index contributed by atoms with van der Waals surface area (Å²) >= 11 is 1.66. The van der Waals surface area contributed by atoms with Crippen LogP contribution >= 0.6 is 11.3 Å². The van der Waals surface area contributed by atoms with E-state index in [0.717, 1.165) is 31.1 Å². The molecule has 2 aromatic rings. The molecule has 1 saturated carbocycles. The molecule has 1 amide bonds. The van der Waals surface area contributed by atoms with Crippen LogP contribution in [0.5, 0.6) is 5.75 Å². The van der Waals surface area contributed by atoms with Gasteiger partial charge in [0.15, 0.2) is 5.13 Å². The van der Waals surface area contributed by atoms with Crippen LogP contribution < -0.4 is 9.64 Å². The first-order valence-corrected chi connectivity index (χ1v) is 11.5. The fraction of sp³-hybridized carbons (Fsp3) is 0.545. The highest BCUT2D eigenvalue weighted by atomic mass is 32.1. The Labute approximate surface area is 180 Å². The van der Waals surface area contributed by atoms with Crippen LogP contribution in [0.3, 0.4) is 0 Å². The molecule has 1 aliphatic carbocycles. The summed E-state index contributed by atoms with van der Waals surface area (Å²) < 4.78 is 11.5. The second-order valence-corrected chi connectivity index (χ2v) is 9.24. The zero-order valence-electron chi connectivity index (χ0n) is 16.9. The number of morpholine rings is 1. The normalized spacial score (nSPS) is 29.0. The Kier molecular flexibility index (Phi) is 5.62. The van der Waals surface area contributed by atoms with Crippen molar-refractivity contribution in [3.63, 3.8) is 0 Å². The number of amides is 1. The largest absolute Gasteiger partial charge is 0.488 e. The zero-order valence-corrected chi connectivity index (χ0v) is 17.7. The molecule has 7 nitrogen and oxygen atoms in total. The molecule has 8 heteroatoms. The number of hydrogen-bond donors (Lipinski definition) is 1. The lowest BCUT2D eigenvalue weighted by molar-refractivity contribution is -0.0231. The minimum Gasteiger partial charge on any atom is -0.488 e. The average molecular weight is 430 g/mol. The van der Waals surface area contributed by atoms with Crippen LogP contribution in [-0.4, -0.2) is 72.5 Å². The van der Waals surface area contributed by atoms with Crippen molar-refractivity contribution >= 4 is 22.4 Å². The molecule has 3 fully saturated rings. The van der Waals surface area contributed by atoms with Gasteiger partial charge in [-0.25, -0.2) is 4.98 Å². The number of aromatic nitrogens is 1. The maximum absolute atomic E-state index is 12.8. The monoisotopic (exact) mass is 429 g/mol. The van der Waals surface area contributed by atoms with Gasteiger partial charge in [0, 0.05) is 43.3 Å². The van der Waals surface area contributed by atoms with Gasteiger partial charge in [0.2, 0.25) is 0 Å². The quantitative estimate of drug-likeness (QED) is 0.804. The predicted octanol–water partition coefficient (Wildman–Crippen LogP) is 2.27. The maximum atomic E-state index is 12.8. The van der Waals surface area contributed by atoms with Crippen molar-refractivity contribution in [1.29, 1.82) is 0 Å². The second-order valence-electron chi connectivity index (χ2n) is 8.37. The molecule has 1 aromatic heterocycles. The van der Waals surface area contributed by atoms with Crippen LogP contribution in [0.25, 0.3) is 0 Å². The minimum atomic E-state index is -0.499. The first-order chi connectivity index (χ1) is 14.7. The highest BCUT2D eigenvalue weighted by Gasteiger charge is 2.43. The van der Waals surface area contributed by atoms with E-state index < -0.39 is 6.10 Å². The van der Waals surface area contributed by atoms with Gasteiger partial charge >= 0.3 is 0 Å². The summed E-state index contributed by atoms with van der Waals surface area (Å²) in [6.07, 6.45) is 2.64. The molecule has 160 valence electrons. The number of rotatable bonds is 4. The number of ether oxygens (including phenoxy) is 2. The van der Waals surface area contributed by atoms with Gasteiger partial charge in [-0.2, -0.15) is 0 Å². The van der Waals surface area contributed by atoms with E-state index in [1.165, 1.54) is 0 Å². The van der Waals surface area contributed by atoms with Crippen LogP contribution in [0, 0.1) is 11.8 Å². The number of carbonyl (C=O) groups excluding carboxylic acids is 1. The van der Waals surface area contributed by atoms with Gasteiger partial charge in [0.1, 0.15) is 11.9 Å². The fourth-order valence-electron chi connectivity index (χ4n) is 4.87. The Morgan fingerprint density at radius 2 is 2.00 bits per heavy atom. The number of aliphatic hydroxyl groups excluding tert-OH is 1. The lowest BCUT2D eigenvalue weighted by atomic mass is 9.78. The first-order valence-electron chi connectivity index (χ1n) is 10.6. The highest BCUT2D eigenvalue weighted by Crippen LogP contribution is 2.40. The van der Waals surface area contributed by atoms with Crippen LogP contribution in [0.1, 0.15) is 23.2 Å². The molecule has 30 heavy (non-hydrogen) atoms. The molecule has 0 spiro atoms. The second kappa shape index (κ2) is 8.53. The molecule has 2 aliphatic heterocycles. The Bertz CT molecular complexity index is 871. The number of anilines is 1. The summed E-state index contributed by atoms with van der Waals surface area (Å²) in [5.74, 6) is 1.60. The zero-order chi connectivity index (χ0) is 20.5. The number of fused-ring (bicyclic) bond motifs is 1. The molecule has 3 aliphatic rings. The van der Waals surface area contributed by atoms with E-state index in [0.29, 0.717) is 49.5 Å². The van der Waals surface area contributed by atoms with Gasteiger partial charge in [0.05, 0.1) is 19.3 Å². The summed E-state index contributed by atoms with van der Waals surface area (Å²) in [6.45, 7) is 4.30. The van der Waals surface area contributed by atoms with E-state index in [9.17, 15) is 9.90 Å². The minimum absolute atomic E-state index is 0.00268. The summed E-state index contributed by atoms with van der Waals surface area (Å²) in [5, 5.41) is 13.8. The molecular formula is C22H27N3O4S. The molecule has 0 bridgehead atoms. The van der Waals surface area contributed by atoms with Gasteiger partial charge in [0.25, 0.3) is 5.91 Å². The van der Waals surface area contributed by atoms with E-state index in [2.05, 4.69) is 9.88 Å². The third-order valence-electron chi connectivity index (χ3n) is 6.44. The lowest BCUT2D eigenvalue weighted by Gasteiger charge is -2.35. The molecule has 1 aromatic carbocycles. The van der Waals surface area contributed by atoms with Gasteiger partial charge in [-0.1, -0.05) is 6.07 Å². The molecule has 5 rings (SSSR count). The SMILES string of the molecule is O=C(c1cccc(O[C@@H]2C[C@@H]3CN(c4nccs4)C[C@@H]3C[C@H]2O)c1)N1CCOCC1. The Balaban J connectivity index is 1.24. The third-order valence-corrected chi connectivity index (χ3v) is 7.27. The van der Waals surface area contributed by atoms with Crippen LogP contribution in [0.2, 0.25) is 0 Å². The van der Waals surface area contributed by atoms with E-state index in [4.69, 9.17) is 9.47 Å². The van der Waals surface area contributed by atoms with Gasteiger partial charge in [-0.3, -0.25) is 4.79 Å². The Hall–Kier alpha value is -2.16. The lowest BCUT2D eigenvalue weighted by Crippen LogP contribution is -2.42. The Morgan fingerprint density at radius 1 is 1.20 bits per heavy atom. The standard InChI is InChI=1S/C22H27N3O4S/c26-19-11-16-13-25(22-23-4-9-30-22)14-17(16)12-20(19)29-18-3-1-2-15(10-18)21(27)24-5-7-28-8-6-24/h1-4,9-10,16-17,19-20,26H,5-8,11-14H2/t16-,17+,19+,20+/m0/s1. The third kappa shape index (κ3) is 4.04. The van der Waals surface area contributed by atoms with Gasteiger partial charge in [-0.05, 0) is 42.9 Å². The Morgan fingerprint density at radius 3 is 2.77 bits per heavy atom. The van der Waals surface area contributed by atoms with Gasteiger partial charge in [-0.15, -0.1) is 11.3 Å². The van der Waals surface area contributed by atoms with Crippen molar-refractivity contribution in [1.82, 2.24) is 9.88 Å². The van der Waals surface area contributed by atoms with Crippen molar-refractivity contribution in [3.05, 3.63) is 41.4 Å². The smallest absolute Gasteiger partial charge is 0.254 e. The van der Waals surface area contributed by atoms with Crippen LogP contribution in [-0.2, 0) is 4.74 Å². The topological polar surface area (TPSA) is 75.1 Å². The summed E-state index contributed by atoms with van der Waals surface area (Å²) in [4.78, 5) is 21.3. The molecule has 0 unspecified atom stereocenters. The molecule has 1 N–H and O–H groups in total.